The van der Waals surface area contributed by atoms with Gasteiger partial charge in [0, 0.05) is 42.8 Å². The van der Waals surface area contributed by atoms with Gasteiger partial charge in [0.1, 0.15) is 5.82 Å². The molecule has 4 rings (SSSR count). The lowest BCUT2D eigenvalue weighted by molar-refractivity contribution is 0.306. The number of nitrogens with zero attached hydrogens (tertiary/aromatic N) is 5. The van der Waals surface area contributed by atoms with Crippen molar-refractivity contribution in [3.63, 3.8) is 0 Å². The van der Waals surface area contributed by atoms with Crippen LogP contribution in [0.1, 0.15) is 29.4 Å². The van der Waals surface area contributed by atoms with Crippen LogP contribution in [-0.4, -0.2) is 31.3 Å². The SMILES string of the molecule is CCn1ccnc1CN(C)Cc1cn(-c2ccc(C)cc2)nc1-c1cccc(C)c1. The molecule has 0 fully saturated rings. The molecule has 0 radical (unpaired) electrons. The first-order chi connectivity index (χ1) is 14.5. The zero-order valence-electron chi connectivity index (χ0n) is 18.2. The topological polar surface area (TPSA) is 38.9 Å². The van der Waals surface area contributed by atoms with E-state index in [1.54, 1.807) is 0 Å². The normalized spacial score (nSPS) is 11.4. The van der Waals surface area contributed by atoms with Crippen molar-refractivity contribution in [2.45, 2.75) is 40.4 Å². The van der Waals surface area contributed by atoms with Gasteiger partial charge in [-0.2, -0.15) is 5.10 Å². The fourth-order valence-corrected chi connectivity index (χ4v) is 3.76. The van der Waals surface area contributed by atoms with Crippen molar-refractivity contribution in [3.8, 4) is 16.9 Å². The van der Waals surface area contributed by atoms with E-state index in [4.69, 9.17) is 5.10 Å². The summed E-state index contributed by atoms with van der Waals surface area (Å²) in [6, 6.07) is 17.1. The Morgan fingerprint density at radius 2 is 1.77 bits per heavy atom. The Bertz CT molecular complexity index is 1120. The van der Waals surface area contributed by atoms with Crippen LogP contribution in [0.15, 0.2) is 67.1 Å². The number of hydrogen-bond donors (Lipinski definition) is 0. The van der Waals surface area contributed by atoms with E-state index < -0.39 is 0 Å². The highest BCUT2D eigenvalue weighted by Gasteiger charge is 2.15. The molecule has 4 aromatic rings. The van der Waals surface area contributed by atoms with Crippen molar-refractivity contribution < 1.29 is 0 Å². The second-order valence-corrected chi connectivity index (χ2v) is 7.95. The average Bonchev–Trinajstić information content (AvgIpc) is 3.35. The molecule has 2 heterocycles. The van der Waals surface area contributed by atoms with E-state index in [1.807, 2.05) is 17.1 Å². The molecule has 0 amide bonds. The lowest BCUT2D eigenvalue weighted by atomic mass is 10.1. The lowest BCUT2D eigenvalue weighted by Gasteiger charge is -2.17. The molecule has 0 atom stereocenters. The molecule has 0 saturated carbocycles. The molecule has 0 aliphatic heterocycles. The maximum absolute atomic E-state index is 4.97. The van der Waals surface area contributed by atoms with Crippen LogP contribution < -0.4 is 0 Å². The molecule has 30 heavy (non-hydrogen) atoms. The predicted octanol–water partition coefficient (Wildman–Crippen LogP) is 5.00. The first kappa shape index (κ1) is 20.1. The minimum atomic E-state index is 0.795. The number of rotatable bonds is 7. The van der Waals surface area contributed by atoms with Crippen molar-refractivity contribution in [1.82, 2.24) is 24.2 Å². The second kappa shape index (κ2) is 8.67. The smallest absolute Gasteiger partial charge is 0.122 e. The highest BCUT2D eigenvalue weighted by atomic mass is 15.3. The van der Waals surface area contributed by atoms with Crippen LogP contribution >= 0.6 is 0 Å². The van der Waals surface area contributed by atoms with Crippen LogP contribution in [0.25, 0.3) is 16.9 Å². The minimum absolute atomic E-state index is 0.795. The fraction of sp³-hybridized carbons (Fsp3) is 0.280. The fourth-order valence-electron chi connectivity index (χ4n) is 3.76. The van der Waals surface area contributed by atoms with Gasteiger partial charge in [0.2, 0.25) is 0 Å². The summed E-state index contributed by atoms with van der Waals surface area (Å²) in [7, 11) is 2.14. The van der Waals surface area contributed by atoms with Crippen molar-refractivity contribution >= 4 is 0 Å². The Balaban J connectivity index is 1.67. The summed E-state index contributed by atoms with van der Waals surface area (Å²) in [5, 5.41) is 4.97. The Labute approximate surface area is 178 Å². The van der Waals surface area contributed by atoms with E-state index in [9.17, 15) is 0 Å². The van der Waals surface area contributed by atoms with Crippen LogP contribution in [-0.2, 0) is 19.6 Å². The van der Waals surface area contributed by atoms with E-state index in [0.717, 1.165) is 42.4 Å². The van der Waals surface area contributed by atoms with Crippen molar-refractivity contribution in [3.05, 3.63) is 89.6 Å². The van der Waals surface area contributed by atoms with E-state index in [-0.39, 0.29) is 0 Å². The van der Waals surface area contributed by atoms with Gasteiger partial charge in [0.05, 0.1) is 17.9 Å². The number of imidazole rings is 1. The third-order valence-electron chi connectivity index (χ3n) is 5.37. The molecule has 0 aliphatic carbocycles. The molecule has 0 aliphatic rings. The zero-order chi connectivity index (χ0) is 21.1. The van der Waals surface area contributed by atoms with Gasteiger partial charge < -0.3 is 4.57 Å². The van der Waals surface area contributed by atoms with Crippen molar-refractivity contribution in [1.29, 1.82) is 0 Å². The Hall–Kier alpha value is -3.18. The molecule has 0 saturated heterocycles. The van der Waals surface area contributed by atoms with Crippen molar-refractivity contribution in [2.24, 2.45) is 0 Å². The van der Waals surface area contributed by atoms with Gasteiger partial charge in [-0.1, -0.05) is 41.5 Å². The van der Waals surface area contributed by atoms with Gasteiger partial charge in [0.25, 0.3) is 0 Å². The van der Waals surface area contributed by atoms with E-state index in [2.05, 4.69) is 97.0 Å². The van der Waals surface area contributed by atoms with E-state index in [1.165, 1.54) is 16.7 Å². The molecule has 0 unspecified atom stereocenters. The summed E-state index contributed by atoms with van der Waals surface area (Å²) >= 11 is 0. The maximum atomic E-state index is 4.97. The predicted molar refractivity (Wildman–Crippen MR) is 122 cm³/mol. The molecule has 2 aromatic carbocycles. The Morgan fingerprint density at radius 1 is 0.967 bits per heavy atom. The standard InChI is InChI=1S/C25H29N5/c1-5-29-14-13-26-24(29)18-28(4)16-22-17-30(23-11-9-19(2)10-12-23)27-25(22)21-8-6-7-20(3)15-21/h6-15,17H,5,16,18H2,1-4H3. The van der Waals surface area contributed by atoms with Gasteiger partial charge in [-0.15, -0.1) is 0 Å². The average molecular weight is 400 g/mol. The number of aryl methyl sites for hydroxylation is 3. The lowest BCUT2D eigenvalue weighted by Crippen LogP contribution is -2.20. The summed E-state index contributed by atoms with van der Waals surface area (Å²) in [6.45, 7) is 8.90. The van der Waals surface area contributed by atoms with Crippen molar-refractivity contribution in [2.75, 3.05) is 7.05 Å². The number of hydrogen-bond acceptors (Lipinski definition) is 3. The van der Waals surface area contributed by atoms with Gasteiger partial charge in [0.15, 0.2) is 0 Å². The molecular formula is C25H29N5. The summed E-state index contributed by atoms with van der Waals surface area (Å²) in [5.74, 6) is 1.09. The maximum Gasteiger partial charge on any atom is 0.122 e. The molecule has 0 N–H and O–H groups in total. The number of aromatic nitrogens is 4. The second-order valence-electron chi connectivity index (χ2n) is 7.95. The van der Waals surface area contributed by atoms with Gasteiger partial charge >= 0.3 is 0 Å². The van der Waals surface area contributed by atoms with Gasteiger partial charge in [-0.25, -0.2) is 9.67 Å². The molecule has 2 aromatic heterocycles. The first-order valence-corrected chi connectivity index (χ1v) is 10.4. The number of benzene rings is 2. The summed E-state index contributed by atoms with van der Waals surface area (Å²) in [6.07, 6.45) is 6.07. The third kappa shape index (κ3) is 4.36. The first-order valence-electron chi connectivity index (χ1n) is 10.4. The summed E-state index contributed by atoms with van der Waals surface area (Å²) < 4.78 is 4.18. The highest BCUT2D eigenvalue weighted by molar-refractivity contribution is 5.64. The summed E-state index contributed by atoms with van der Waals surface area (Å²) in [4.78, 5) is 6.82. The van der Waals surface area contributed by atoms with Crippen LogP contribution in [0.4, 0.5) is 0 Å². The van der Waals surface area contributed by atoms with Crippen LogP contribution in [0.3, 0.4) is 0 Å². The molecule has 154 valence electrons. The molecule has 0 bridgehead atoms. The minimum Gasteiger partial charge on any atom is -0.334 e. The Kier molecular flexibility index (Phi) is 5.81. The molecule has 5 nitrogen and oxygen atoms in total. The zero-order valence-corrected chi connectivity index (χ0v) is 18.2. The highest BCUT2D eigenvalue weighted by Crippen LogP contribution is 2.26. The van der Waals surface area contributed by atoms with E-state index in [0.29, 0.717) is 0 Å². The quantitative estimate of drug-likeness (QED) is 0.439. The van der Waals surface area contributed by atoms with E-state index >= 15 is 0 Å². The summed E-state index contributed by atoms with van der Waals surface area (Å²) in [5.41, 5.74) is 6.95. The monoisotopic (exact) mass is 399 g/mol. The van der Waals surface area contributed by atoms with Gasteiger partial charge in [-0.05, 0) is 46.0 Å². The van der Waals surface area contributed by atoms with Gasteiger partial charge in [-0.3, -0.25) is 4.90 Å². The third-order valence-corrected chi connectivity index (χ3v) is 5.37. The molecule has 5 heteroatoms. The Morgan fingerprint density at radius 3 is 2.50 bits per heavy atom. The van der Waals surface area contributed by atoms with Crippen LogP contribution in [0.5, 0.6) is 0 Å². The van der Waals surface area contributed by atoms with Crippen LogP contribution in [0.2, 0.25) is 0 Å². The molecule has 0 spiro atoms. The largest absolute Gasteiger partial charge is 0.334 e. The van der Waals surface area contributed by atoms with Crippen LogP contribution in [0, 0.1) is 13.8 Å². The molecular weight excluding hydrogens is 370 g/mol.